The maximum Gasteiger partial charge on any atom is 0 e. The van der Waals surface area contributed by atoms with E-state index >= 15 is 0 Å². The van der Waals surface area contributed by atoms with Crippen LogP contribution in [0.4, 0.5) is 0 Å². The molecule has 0 aliphatic carbocycles. The van der Waals surface area contributed by atoms with E-state index in [1.54, 1.807) is 0 Å². The molecule has 0 atom stereocenters. The van der Waals surface area contributed by atoms with Gasteiger partial charge in [0.05, 0.1) is 0 Å². The molecule has 0 heterocycles. The molecule has 0 amide bonds. The van der Waals surface area contributed by atoms with Gasteiger partial charge in [0.15, 0.2) is 0 Å². The van der Waals surface area contributed by atoms with Crippen molar-refractivity contribution in [1.29, 1.82) is 0 Å². The first kappa shape index (κ1) is 232. The predicted octanol–water partition coefficient (Wildman–Crippen LogP) is -4.06. The molecule has 0 saturated carbocycles. The van der Waals surface area contributed by atoms with E-state index < -0.39 is 0 Å². The van der Waals surface area contributed by atoms with E-state index in [0.29, 0.717) is 0 Å². The van der Waals surface area contributed by atoms with Crippen molar-refractivity contribution in [1.82, 2.24) is 0 Å². The van der Waals surface area contributed by atoms with Crippen LogP contribution in [0.2, 0.25) is 0 Å². The Morgan fingerprint density at radius 3 is 0.429 bits per heavy atom. The molecule has 7 heavy (non-hydrogen) atoms. The first-order chi connectivity index (χ1) is 0. The summed E-state index contributed by atoms with van der Waals surface area (Å²) in [4.78, 5) is 0. The molecule has 0 rings (SSSR count). The molecule has 0 spiro atoms. The van der Waals surface area contributed by atoms with E-state index in [4.69, 9.17) is 0 Å². The molecule has 0 aliphatic heterocycles. The average molecular weight is 185 g/mol. The van der Waals surface area contributed by atoms with Crippen molar-refractivity contribution in [3.8, 4) is 0 Å². The van der Waals surface area contributed by atoms with Gasteiger partial charge in [0.1, 0.15) is 0 Å². The molecule has 0 bridgehead atoms. The molecular formula is H8Al2CoO4. The van der Waals surface area contributed by atoms with Crippen LogP contribution >= 0.6 is 0 Å². The van der Waals surface area contributed by atoms with Crippen molar-refractivity contribution in [2.75, 3.05) is 0 Å². The summed E-state index contributed by atoms with van der Waals surface area (Å²) in [6, 6.07) is 0. The third-order valence-electron chi connectivity index (χ3n) is 0. The van der Waals surface area contributed by atoms with Gasteiger partial charge in [-0.3, -0.25) is 0 Å². The van der Waals surface area contributed by atoms with Gasteiger partial charge in [-0.2, -0.15) is 0 Å². The van der Waals surface area contributed by atoms with E-state index in [1.807, 2.05) is 0 Å². The van der Waals surface area contributed by atoms with Gasteiger partial charge in [-0.05, 0) is 0 Å². The van der Waals surface area contributed by atoms with Gasteiger partial charge in [-0.15, -0.1) is 0 Å². The molecule has 0 unspecified atom stereocenters. The molecule has 0 aromatic rings. The third-order valence-corrected chi connectivity index (χ3v) is 0. The zero-order valence-electron chi connectivity index (χ0n) is 3.49. The molecule has 0 aromatic heterocycles. The topological polar surface area (TPSA) is 126 Å². The molecule has 8 N–H and O–H groups in total. The predicted molar refractivity (Wildman–Crippen MR) is 26.0 cm³/mol. The van der Waals surface area contributed by atoms with Crippen LogP contribution in [0.3, 0.4) is 0 Å². The van der Waals surface area contributed by atoms with E-state index in [-0.39, 0.29) is 73.4 Å². The Kier molecular flexibility index (Phi) is 5070. The number of rotatable bonds is 0. The minimum atomic E-state index is 0. The Morgan fingerprint density at radius 1 is 0.429 bits per heavy atom. The van der Waals surface area contributed by atoms with Gasteiger partial charge in [0.2, 0.25) is 0 Å². The van der Waals surface area contributed by atoms with Gasteiger partial charge in [0.25, 0.3) is 0 Å². The monoisotopic (exact) mass is 185 g/mol. The van der Waals surface area contributed by atoms with E-state index in [9.17, 15) is 0 Å². The summed E-state index contributed by atoms with van der Waals surface area (Å²) >= 11 is 0. The molecule has 47 valence electrons. The summed E-state index contributed by atoms with van der Waals surface area (Å²) in [6.45, 7) is 0. The Morgan fingerprint density at radius 2 is 0.429 bits per heavy atom. The Balaban J connectivity index is 0. The van der Waals surface area contributed by atoms with Gasteiger partial charge in [-0.25, -0.2) is 0 Å². The van der Waals surface area contributed by atoms with E-state index in [1.165, 1.54) is 0 Å². The molecule has 7 heteroatoms. The molecule has 4 nitrogen and oxygen atoms in total. The van der Waals surface area contributed by atoms with Gasteiger partial charge >= 0.3 is 0 Å². The second-order valence-corrected chi connectivity index (χ2v) is 0. The normalized spacial score (nSPS) is 0. The smallest absolute Gasteiger partial charge is 0 e. The molecule has 7 radical (unpaired) electrons. The van der Waals surface area contributed by atoms with Crippen molar-refractivity contribution in [2.24, 2.45) is 0 Å². The van der Waals surface area contributed by atoms with E-state index in [2.05, 4.69) is 0 Å². The summed E-state index contributed by atoms with van der Waals surface area (Å²) in [7, 11) is 0. The van der Waals surface area contributed by atoms with Gasteiger partial charge in [-0.1, -0.05) is 0 Å². The Bertz CT molecular complexity index is 9.65. The van der Waals surface area contributed by atoms with Crippen LogP contribution in [0.5, 0.6) is 0 Å². The fraction of sp³-hybridized carbons (Fsp3) is 0. The SMILES string of the molecule is O.O.O.O.[Al].[Al].[Co]. The maximum absolute atomic E-state index is 0. The van der Waals surface area contributed by atoms with Gasteiger partial charge in [0, 0.05) is 51.5 Å². The number of hydrogen-bond donors (Lipinski definition) is 0. The van der Waals surface area contributed by atoms with Crippen LogP contribution in [-0.2, 0) is 16.8 Å². The standard InChI is InChI=1S/2Al.Co.4H2O/h;;;4*1H2. The summed E-state index contributed by atoms with van der Waals surface area (Å²) in [5.74, 6) is 0. The fourth-order valence-electron chi connectivity index (χ4n) is 0. The van der Waals surface area contributed by atoms with Crippen LogP contribution in [0.1, 0.15) is 0 Å². The summed E-state index contributed by atoms with van der Waals surface area (Å²) in [5, 5.41) is 0. The zero-order chi connectivity index (χ0) is 0. The second-order valence-electron chi connectivity index (χ2n) is 0. The summed E-state index contributed by atoms with van der Waals surface area (Å²) < 4.78 is 0. The molecule has 0 saturated heterocycles. The first-order valence-corrected chi connectivity index (χ1v) is 0. The fourth-order valence-corrected chi connectivity index (χ4v) is 0. The van der Waals surface area contributed by atoms with Crippen molar-refractivity contribution in [3.63, 3.8) is 0 Å². The average Bonchev–Trinajstić information content (AvgIpc) is 0. The summed E-state index contributed by atoms with van der Waals surface area (Å²) in [6.07, 6.45) is 0. The Labute approximate surface area is 73.4 Å². The molecular weight excluding hydrogens is 177 g/mol. The van der Waals surface area contributed by atoms with Crippen molar-refractivity contribution >= 4 is 34.7 Å². The van der Waals surface area contributed by atoms with Crippen molar-refractivity contribution in [2.45, 2.75) is 0 Å². The third kappa shape index (κ3) is 109. The maximum atomic E-state index is 0. The van der Waals surface area contributed by atoms with Crippen LogP contribution in [-0.4, -0.2) is 56.6 Å². The molecule has 0 fully saturated rings. The minimum absolute atomic E-state index is 0. The minimum Gasteiger partial charge on any atom is -0.412 e. The van der Waals surface area contributed by atoms with E-state index in [0.717, 1.165) is 0 Å². The van der Waals surface area contributed by atoms with Crippen LogP contribution in [0, 0.1) is 0 Å². The molecule has 0 aromatic carbocycles. The number of hydrogen-bond acceptors (Lipinski definition) is 0. The quantitative estimate of drug-likeness (QED) is 0.340. The van der Waals surface area contributed by atoms with Crippen LogP contribution in [0.25, 0.3) is 0 Å². The van der Waals surface area contributed by atoms with Gasteiger partial charge < -0.3 is 21.9 Å². The second kappa shape index (κ2) is 153. The first-order valence-electron chi connectivity index (χ1n) is 0. The summed E-state index contributed by atoms with van der Waals surface area (Å²) in [5.41, 5.74) is 0. The van der Waals surface area contributed by atoms with Crippen LogP contribution < -0.4 is 0 Å². The largest absolute Gasteiger partial charge is 0.412 e. The molecule has 0 aliphatic rings. The van der Waals surface area contributed by atoms with Crippen LogP contribution in [0.15, 0.2) is 0 Å². The Hall–Kier alpha value is 1.41. The zero-order valence-corrected chi connectivity index (χ0v) is 6.84. The van der Waals surface area contributed by atoms with Crippen molar-refractivity contribution < 1.29 is 38.7 Å². The van der Waals surface area contributed by atoms with Crippen molar-refractivity contribution in [3.05, 3.63) is 0 Å².